The van der Waals surface area contributed by atoms with Crippen molar-refractivity contribution in [3.05, 3.63) is 30.1 Å². The van der Waals surface area contributed by atoms with Crippen LogP contribution in [0.4, 0.5) is 0 Å². The molecule has 0 aliphatic heterocycles. The second-order valence-corrected chi connectivity index (χ2v) is 2.67. The van der Waals surface area contributed by atoms with E-state index in [0.29, 0.717) is 5.69 Å². The van der Waals surface area contributed by atoms with Crippen LogP contribution in [0.5, 0.6) is 0 Å². The van der Waals surface area contributed by atoms with Crippen LogP contribution in [0, 0.1) is 0 Å². The second-order valence-electron chi connectivity index (χ2n) is 1.77. The van der Waals surface area contributed by atoms with E-state index in [1.165, 1.54) is 0 Å². The molecule has 0 N–H and O–H groups in total. The van der Waals surface area contributed by atoms with Gasteiger partial charge in [0.2, 0.25) is 0 Å². The normalized spacial score (nSPS) is 12.9. The van der Waals surface area contributed by atoms with Gasteiger partial charge in [0.15, 0.2) is 0 Å². The molecule has 10 heavy (non-hydrogen) atoms. The third kappa shape index (κ3) is 2.24. The van der Waals surface area contributed by atoms with Gasteiger partial charge in [-0.15, -0.1) is 0 Å². The maximum absolute atomic E-state index is 10.1. The molecule has 0 aromatic carbocycles. The summed E-state index contributed by atoms with van der Waals surface area (Å²) in [5, 5.41) is 0. The van der Waals surface area contributed by atoms with Crippen molar-refractivity contribution in [2.24, 2.45) is 0 Å². The average Bonchev–Trinajstić information content (AvgIpc) is 1.88. The first-order chi connectivity index (χ1) is 4.79. The first-order valence-corrected chi connectivity index (χ1v) is 3.99. The monoisotopic (exact) mass is 156 g/mol. The smallest absolute Gasteiger partial charge is 0.0526 e. The minimum absolute atomic E-state index is 0.000833. The lowest BCUT2D eigenvalue weighted by atomic mass is 10.4. The summed E-state index contributed by atoms with van der Waals surface area (Å²) < 4.78 is 20.3. The predicted molar refractivity (Wildman–Crippen MR) is 36.9 cm³/mol. The molecule has 4 heteroatoms. The third-order valence-electron chi connectivity index (χ3n) is 0.992. The molecular weight excluding hydrogens is 150 g/mol. The minimum atomic E-state index is -2.03. The Bertz CT molecular complexity index is 224. The Morgan fingerprint density at radius 2 is 2.40 bits per heavy atom. The lowest BCUT2D eigenvalue weighted by Crippen LogP contribution is -1.94. The van der Waals surface area contributed by atoms with E-state index in [2.05, 4.69) is 4.98 Å². The topological polar surface area (TPSA) is 53.0 Å². The van der Waals surface area contributed by atoms with E-state index in [1.807, 2.05) is 0 Å². The summed E-state index contributed by atoms with van der Waals surface area (Å²) in [7, 11) is 0. The van der Waals surface area contributed by atoms with Gasteiger partial charge in [0.1, 0.15) is 0 Å². The molecule has 0 aliphatic rings. The average molecular weight is 156 g/mol. The fraction of sp³-hybridized carbons (Fsp3) is 0.167. The van der Waals surface area contributed by atoms with Crippen molar-refractivity contribution < 1.29 is 8.76 Å². The molecule has 1 rings (SSSR count). The van der Waals surface area contributed by atoms with E-state index in [-0.39, 0.29) is 5.75 Å². The van der Waals surface area contributed by atoms with Crippen molar-refractivity contribution >= 4 is 11.1 Å². The Labute approximate surface area is 61.4 Å². The van der Waals surface area contributed by atoms with Crippen LogP contribution in [0.1, 0.15) is 5.69 Å². The molecule has 3 nitrogen and oxygen atoms in total. The molecule has 1 heterocycles. The summed E-state index contributed by atoms with van der Waals surface area (Å²) in [5.41, 5.74) is 0.579. The highest BCUT2D eigenvalue weighted by molar-refractivity contribution is 7.78. The third-order valence-corrected chi connectivity index (χ3v) is 1.52. The lowest BCUT2D eigenvalue weighted by Gasteiger charge is -2.01. The summed E-state index contributed by atoms with van der Waals surface area (Å²) >= 11 is -2.03. The summed E-state index contributed by atoms with van der Waals surface area (Å²) in [4.78, 5) is 3.83. The Balaban J connectivity index is 2.67. The first-order valence-electron chi connectivity index (χ1n) is 2.75. The number of hydrogen-bond acceptors (Lipinski definition) is 3. The Kier molecular flexibility index (Phi) is 2.53. The molecule has 0 spiro atoms. The second kappa shape index (κ2) is 3.43. The Morgan fingerprint density at radius 1 is 1.60 bits per heavy atom. The molecule has 0 saturated heterocycles. The number of pyridine rings is 1. The van der Waals surface area contributed by atoms with Gasteiger partial charge in [0.05, 0.1) is 11.4 Å². The Morgan fingerprint density at radius 3 is 2.90 bits per heavy atom. The van der Waals surface area contributed by atoms with Gasteiger partial charge in [-0.1, -0.05) is 6.07 Å². The number of nitrogens with zero attached hydrogens (tertiary/aromatic N) is 1. The Hall–Kier alpha value is -0.740. The van der Waals surface area contributed by atoms with Crippen LogP contribution in [0.3, 0.4) is 0 Å². The summed E-state index contributed by atoms with van der Waals surface area (Å²) in [6.07, 6.45) is 1.57. The van der Waals surface area contributed by atoms with E-state index in [9.17, 15) is 8.76 Å². The van der Waals surface area contributed by atoms with E-state index >= 15 is 0 Å². The van der Waals surface area contributed by atoms with Crippen molar-refractivity contribution in [1.29, 1.82) is 0 Å². The molecule has 1 unspecified atom stereocenters. The van der Waals surface area contributed by atoms with Crippen molar-refractivity contribution in [3.63, 3.8) is 0 Å². The van der Waals surface area contributed by atoms with Gasteiger partial charge >= 0.3 is 0 Å². The molecule has 1 atom stereocenters. The lowest BCUT2D eigenvalue weighted by molar-refractivity contribution is 0.535. The van der Waals surface area contributed by atoms with E-state index in [0.717, 1.165) is 0 Å². The van der Waals surface area contributed by atoms with Crippen LogP contribution >= 0.6 is 0 Å². The maximum atomic E-state index is 10.1. The quantitative estimate of drug-likeness (QED) is 0.584. The molecule has 0 radical (unpaired) electrons. The van der Waals surface area contributed by atoms with E-state index < -0.39 is 11.1 Å². The fourth-order valence-corrected chi connectivity index (χ4v) is 1.02. The number of hydrogen-bond donors (Lipinski definition) is 0. The van der Waals surface area contributed by atoms with Crippen LogP contribution < -0.4 is 0 Å². The van der Waals surface area contributed by atoms with Crippen molar-refractivity contribution in [1.82, 2.24) is 4.98 Å². The summed E-state index contributed by atoms with van der Waals surface area (Å²) in [6, 6.07) is 5.18. The van der Waals surface area contributed by atoms with Crippen LogP contribution in [-0.4, -0.2) is 13.7 Å². The van der Waals surface area contributed by atoms with Gasteiger partial charge in [-0.25, -0.2) is 0 Å². The van der Waals surface area contributed by atoms with Crippen molar-refractivity contribution in [2.45, 2.75) is 5.75 Å². The van der Waals surface area contributed by atoms with Crippen LogP contribution in [0.2, 0.25) is 0 Å². The SMILES string of the molecule is O=S([O-])Cc1ccccn1. The van der Waals surface area contributed by atoms with E-state index in [4.69, 9.17) is 0 Å². The van der Waals surface area contributed by atoms with Crippen LogP contribution in [0.25, 0.3) is 0 Å². The number of aromatic nitrogens is 1. The fourth-order valence-electron chi connectivity index (χ4n) is 0.604. The first kappa shape index (κ1) is 7.37. The molecule has 0 amide bonds. The van der Waals surface area contributed by atoms with Crippen molar-refractivity contribution in [3.8, 4) is 0 Å². The molecular formula is C6H6NO2S-. The van der Waals surface area contributed by atoms with Gasteiger partial charge in [0.25, 0.3) is 0 Å². The molecule has 0 bridgehead atoms. The molecule has 0 aliphatic carbocycles. The van der Waals surface area contributed by atoms with Gasteiger partial charge < -0.3 is 4.55 Å². The molecule has 1 aromatic rings. The molecule has 0 fully saturated rings. The maximum Gasteiger partial charge on any atom is 0.0526 e. The number of rotatable bonds is 2. The van der Waals surface area contributed by atoms with Gasteiger partial charge in [0, 0.05) is 6.20 Å². The highest BCUT2D eigenvalue weighted by atomic mass is 32.2. The van der Waals surface area contributed by atoms with Gasteiger partial charge in [-0.2, -0.15) is 0 Å². The molecule has 54 valence electrons. The van der Waals surface area contributed by atoms with Crippen LogP contribution in [0.15, 0.2) is 24.4 Å². The predicted octanol–water partition coefficient (Wildman–Crippen LogP) is 0.461. The highest BCUT2D eigenvalue weighted by Crippen LogP contribution is 1.95. The molecule has 1 aromatic heterocycles. The minimum Gasteiger partial charge on any atom is -0.772 e. The zero-order valence-corrected chi connectivity index (χ0v) is 6.00. The zero-order valence-electron chi connectivity index (χ0n) is 5.19. The van der Waals surface area contributed by atoms with Crippen molar-refractivity contribution in [2.75, 3.05) is 0 Å². The van der Waals surface area contributed by atoms with Crippen LogP contribution in [-0.2, 0) is 16.8 Å². The zero-order chi connectivity index (χ0) is 7.40. The highest BCUT2D eigenvalue weighted by Gasteiger charge is 1.89. The standard InChI is InChI=1S/C6H7NO2S/c8-10(9)5-6-3-1-2-4-7-6/h1-4H,5H2,(H,8,9)/p-1. The largest absolute Gasteiger partial charge is 0.772 e. The summed E-state index contributed by atoms with van der Waals surface area (Å²) in [5.74, 6) is 0.000833. The molecule has 0 saturated carbocycles. The van der Waals surface area contributed by atoms with Gasteiger partial charge in [-0.05, 0) is 23.2 Å². The van der Waals surface area contributed by atoms with Gasteiger partial charge in [-0.3, -0.25) is 9.19 Å². The van der Waals surface area contributed by atoms with E-state index in [1.54, 1.807) is 24.4 Å². The summed E-state index contributed by atoms with van der Waals surface area (Å²) in [6.45, 7) is 0.